The van der Waals surface area contributed by atoms with Gasteiger partial charge in [-0.25, -0.2) is 13.6 Å². The molecular formula is C20H19N3O7S2. The molecule has 0 fully saturated rings. The number of sulfonamides is 1. The monoisotopic (exact) mass is 477 g/mol. The Balaban J connectivity index is 1.79. The fraction of sp³-hybridized carbons (Fsp3) is 0.250. The van der Waals surface area contributed by atoms with Gasteiger partial charge in [-0.15, -0.1) is 0 Å². The van der Waals surface area contributed by atoms with Crippen molar-refractivity contribution < 1.29 is 32.2 Å². The zero-order chi connectivity index (χ0) is 22.9. The highest BCUT2D eigenvalue weighted by atomic mass is 32.2. The summed E-state index contributed by atoms with van der Waals surface area (Å²) in [5, 5.41) is 5.23. The minimum absolute atomic E-state index is 0.0463. The molecule has 2 N–H and O–H groups in total. The van der Waals surface area contributed by atoms with Crippen LogP contribution in [0.25, 0.3) is 10.2 Å². The third-order valence-electron chi connectivity index (χ3n) is 4.74. The van der Waals surface area contributed by atoms with Crippen LogP contribution in [0.15, 0.2) is 46.3 Å². The van der Waals surface area contributed by atoms with E-state index in [2.05, 4.69) is 4.99 Å². The van der Waals surface area contributed by atoms with E-state index in [1.165, 1.54) is 19.2 Å². The highest BCUT2D eigenvalue weighted by Crippen LogP contribution is 2.31. The molecule has 0 radical (unpaired) electrons. The highest BCUT2D eigenvalue weighted by Gasteiger charge is 2.17. The summed E-state index contributed by atoms with van der Waals surface area (Å²) < 4.78 is 41.3. The predicted octanol–water partition coefficient (Wildman–Crippen LogP) is 1.43. The van der Waals surface area contributed by atoms with Crippen LogP contribution in [0.3, 0.4) is 0 Å². The number of nitrogens with zero attached hydrogens (tertiary/aromatic N) is 2. The SMILES string of the molecule is COC(=O)CCn1c(=NC(=O)c2ccc3c(c2)OCCO3)sc2cc(S(N)(=O)=O)ccc21. The van der Waals surface area contributed by atoms with E-state index in [0.29, 0.717) is 45.3 Å². The highest BCUT2D eigenvalue weighted by molar-refractivity contribution is 7.89. The van der Waals surface area contributed by atoms with Crippen molar-refractivity contribution in [1.82, 2.24) is 4.57 Å². The Bertz CT molecular complexity index is 1390. The Morgan fingerprint density at radius 3 is 2.62 bits per heavy atom. The van der Waals surface area contributed by atoms with Crippen LogP contribution >= 0.6 is 11.3 Å². The number of aromatic nitrogens is 1. The van der Waals surface area contributed by atoms with Crippen LogP contribution in [0.1, 0.15) is 16.8 Å². The summed E-state index contributed by atoms with van der Waals surface area (Å²) in [7, 11) is -2.62. The van der Waals surface area contributed by atoms with Gasteiger partial charge >= 0.3 is 5.97 Å². The fourth-order valence-corrected chi connectivity index (χ4v) is 4.87. The van der Waals surface area contributed by atoms with Crippen molar-refractivity contribution in [2.75, 3.05) is 20.3 Å². The summed E-state index contributed by atoms with van der Waals surface area (Å²) in [5.74, 6) is 0.0671. The number of esters is 1. The molecule has 0 saturated heterocycles. The van der Waals surface area contributed by atoms with E-state index in [1.807, 2.05) is 0 Å². The number of ether oxygens (including phenoxy) is 3. The number of carbonyl (C=O) groups excluding carboxylic acids is 2. The molecule has 10 nitrogen and oxygen atoms in total. The smallest absolute Gasteiger partial charge is 0.307 e. The number of hydrogen-bond acceptors (Lipinski definition) is 8. The molecule has 1 aliphatic heterocycles. The van der Waals surface area contributed by atoms with Gasteiger partial charge in [-0.2, -0.15) is 4.99 Å². The molecule has 0 saturated carbocycles. The number of aryl methyl sites for hydroxylation is 1. The zero-order valence-electron chi connectivity index (χ0n) is 16.9. The lowest BCUT2D eigenvalue weighted by molar-refractivity contribution is -0.140. The molecule has 1 aromatic heterocycles. The van der Waals surface area contributed by atoms with Gasteiger partial charge in [0.15, 0.2) is 16.3 Å². The summed E-state index contributed by atoms with van der Waals surface area (Å²) in [6.07, 6.45) is 0.0463. The molecule has 0 atom stereocenters. The quantitative estimate of drug-likeness (QED) is 0.548. The first-order valence-electron chi connectivity index (χ1n) is 9.48. The minimum atomic E-state index is -3.90. The molecule has 32 heavy (non-hydrogen) atoms. The molecule has 1 aliphatic rings. The fourth-order valence-electron chi connectivity index (χ4n) is 3.16. The van der Waals surface area contributed by atoms with Gasteiger partial charge in [0, 0.05) is 12.1 Å². The van der Waals surface area contributed by atoms with E-state index < -0.39 is 21.9 Å². The van der Waals surface area contributed by atoms with Gasteiger partial charge in [0.2, 0.25) is 10.0 Å². The van der Waals surface area contributed by atoms with Gasteiger partial charge in [-0.1, -0.05) is 11.3 Å². The largest absolute Gasteiger partial charge is 0.486 e. The number of thiazole rings is 1. The molecule has 0 aliphatic carbocycles. The summed E-state index contributed by atoms with van der Waals surface area (Å²) >= 11 is 1.11. The number of hydrogen-bond donors (Lipinski definition) is 1. The van der Waals surface area contributed by atoms with Crippen molar-refractivity contribution in [3.05, 3.63) is 46.8 Å². The third-order valence-corrected chi connectivity index (χ3v) is 6.69. The first kappa shape index (κ1) is 22.0. The van der Waals surface area contributed by atoms with Crippen molar-refractivity contribution in [3.8, 4) is 11.5 Å². The number of carbonyl (C=O) groups is 2. The molecule has 2 heterocycles. The van der Waals surface area contributed by atoms with Gasteiger partial charge in [-0.3, -0.25) is 9.59 Å². The van der Waals surface area contributed by atoms with Crippen molar-refractivity contribution in [2.24, 2.45) is 10.1 Å². The Labute approximate surface area is 186 Å². The Hall–Kier alpha value is -3.22. The second-order valence-electron chi connectivity index (χ2n) is 6.81. The van der Waals surface area contributed by atoms with E-state index in [1.54, 1.807) is 28.8 Å². The lowest BCUT2D eigenvalue weighted by Crippen LogP contribution is -2.19. The number of nitrogens with two attached hydrogens (primary N) is 1. The Morgan fingerprint density at radius 2 is 1.91 bits per heavy atom. The van der Waals surface area contributed by atoms with Crippen LogP contribution in [0.2, 0.25) is 0 Å². The van der Waals surface area contributed by atoms with Crippen LogP contribution in [0.4, 0.5) is 0 Å². The van der Waals surface area contributed by atoms with Crippen LogP contribution < -0.4 is 19.4 Å². The van der Waals surface area contributed by atoms with E-state index >= 15 is 0 Å². The van der Waals surface area contributed by atoms with Crippen molar-refractivity contribution in [1.29, 1.82) is 0 Å². The molecule has 2 aromatic carbocycles. The Morgan fingerprint density at radius 1 is 1.16 bits per heavy atom. The number of fused-ring (bicyclic) bond motifs is 2. The van der Waals surface area contributed by atoms with Gasteiger partial charge in [0.25, 0.3) is 5.91 Å². The number of primary sulfonamides is 1. The molecular weight excluding hydrogens is 458 g/mol. The normalized spacial score (nSPS) is 13.9. The molecule has 0 bridgehead atoms. The lowest BCUT2D eigenvalue weighted by atomic mass is 10.2. The van der Waals surface area contributed by atoms with Crippen molar-refractivity contribution in [3.63, 3.8) is 0 Å². The van der Waals surface area contributed by atoms with Crippen LogP contribution in [0, 0.1) is 0 Å². The summed E-state index contributed by atoms with van der Waals surface area (Å²) in [5.41, 5.74) is 0.913. The maximum atomic E-state index is 12.9. The molecule has 3 aromatic rings. The van der Waals surface area contributed by atoms with E-state index in [9.17, 15) is 18.0 Å². The summed E-state index contributed by atoms with van der Waals surface area (Å²) in [4.78, 5) is 29.0. The van der Waals surface area contributed by atoms with E-state index in [-0.39, 0.29) is 17.9 Å². The standard InChI is InChI=1S/C20H19N3O7S2/c1-28-18(24)6-7-23-14-4-3-13(32(21,26)27)11-17(14)31-20(23)22-19(25)12-2-5-15-16(10-12)30-9-8-29-15/h2-5,10-11H,6-9H2,1H3,(H2,21,26,27). The van der Waals surface area contributed by atoms with Crippen molar-refractivity contribution in [2.45, 2.75) is 17.9 Å². The summed E-state index contributed by atoms with van der Waals surface area (Å²) in [6.45, 7) is 1.01. The van der Waals surface area contributed by atoms with E-state index in [0.717, 1.165) is 11.3 Å². The van der Waals surface area contributed by atoms with Gasteiger partial charge in [-0.05, 0) is 36.4 Å². The molecule has 168 valence electrons. The van der Waals surface area contributed by atoms with Crippen LogP contribution in [-0.4, -0.2) is 45.2 Å². The lowest BCUT2D eigenvalue weighted by Gasteiger charge is -2.18. The first-order valence-corrected chi connectivity index (χ1v) is 11.8. The van der Waals surface area contributed by atoms with Crippen LogP contribution in [0.5, 0.6) is 11.5 Å². The third kappa shape index (κ3) is 4.52. The first-order chi connectivity index (χ1) is 15.3. The maximum Gasteiger partial charge on any atom is 0.307 e. The van der Waals surface area contributed by atoms with Crippen molar-refractivity contribution >= 4 is 43.5 Å². The average Bonchev–Trinajstić information content (AvgIpc) is 3.12. The van der Waals surface area contributed by atoms with Crippen LogP contribution in [-0.2, 0) is 26.1 Å². The number of rotatable bonds is 5. The topological polar surface area (TPSA) is 139 Å². The minimum Gasteiger partial charge on any atom is -0.486 e. The van der Waals surface area contributed by atoms with Gasteiger partial charge < -0.3 is 18.8 Å². The Kier molecular flexibility index (Phi) is 6.00. The zero-order valence-corrected chi connectivity index (χ0v) is 18.6. The second-order valence-corrected chi connectivity index (χ2v) is 9.38. The second kappa shape index (κ2) is 8.73. The number of methoxy groups -OCH3 is 1. The molecule has 0 spiro atoms. The van der Waals surface area contributed by atoms with E-state index in [4.69, 9.17) is 19.3 Å². The molecule has 12 heteroatoms. The molecule has 0 unspecified atom stereocenters. The average molecular weight is 478 g/mol. The predicted molar refractivity (Wildman–Crippen MR) is 115 cm³/mol. The molecule has 4 rings (SSSR count). The summed E-state index contributed by atoms with van der Waals surface area (Å²) in [6, 6.07) is 9.14. The maximum absolute atomic E-state index is 12.9. The van der Waals surface area contributed by atoms with Gasteiger partial charge in [0.1, 0.15) is 13.2 Å². The molecule has 1 amide bonds. The number of benzene rings is 2. The van der Waals surface area contributed by atoms with Gasteiger partial charge in [0.05, 0.1) is 28.6 Å². The number of amides is 1.